The largest absolute Gasteiger partial charge is 0.480 e. The van der Waals surface area contributed by atoms with E-state index in [1.165, 1.54) is 27.7 Å². The van der Waals surface area contributed by atoms with Crippen molar-refractivity contribution < 1.29 is 33.9 Å². The van der Waals surface area contributed by atoms with E-state index in [-0.39, 0.29) is 12.8 Å². The van der Waals surface area contributed by atoms with E-state index in [9.17, 15) is 33.9 Å². The van der Waals surface area contributed by atoms with E-state index in [1.54, 1.807) is 62.4 Å². The Morgan fingerprint density at radius 2 is 1.26 bits per heavy atom. The lowest BCUT2D eigenvalue weighted by Crippen LogP contribution is -2.62. The van der Waals surface area contributed by atoms with Crippen LogP contribution in [0.1, 0.15) is 59.1 Å². The van der Waals surface area contributed by atoms with Crippen molar-refractivity contribution in [2.75, 3.05) is 0 Å². The molecule has 0 spiro atoms. The highest BCUT2D eigenvalue weighted by atomic mass is 16.4. The molecule has 11 nitrogen and oxygen atoms in total. The number of carboxylic acids is 1. The maximum absolute atomic E-state index is 13.5. The third-order valence-electron chi connectivity index (χ3n) is 7.10. The second-order valence-corrected chi connectivity index (χ2v) is 11.7. The molecule has 0 saturated carbocycles. The second-order valence-electron chi connectivity index (χ2n) is 11.7. The molecule has 0 radical (unpaired) electrons. The topological polar surface area (TPSA) is 171 Å². The number of rotatable bonds is 15. The van der Waals surface area contributed by atoms with Gasteiger partial charge in [0.25, 0.3) is 5.91 Å². The summed E-state index contributed by atoms with van der Waals surface area (Å²) in [6, 6.07) is 15.8. The molecule has 0 aliphatic heterocycles. The van der Waals surface area contributed by atoms with Crippen molar-refractivity contribution in [2.24, 2.45) is 5.92 Å². The Hall–Kier alpha value is -4.54. The summed E-state index contributed by atoms with van der Waals surface area (Å²) in [5.41, 5.74) is -1.78. The van der Waals surface area contributed by atoms with E-state index in [1.807, 2.05) is 12.1 Å². The fourth-order valence-corrected chi connectivity index (χ4v) is 4.17. The van der Waals surface area contributed by atoms with Crippen molar-refractivity contribution in [3.05, 3.63) is 71.8 Å². The summed E-state index contributed by atoms with van der Waals surface area (Å²) in [5, 5.41) is 19.5. The highest BCUT2D eigenvalue weighted by Crippen LogP contribution is 2.13. The van der Waals surface area contributed by atoms with Crippen LogP contribution in [0.2, 0.25) is 0 Å². The first kappa shape index (κ1) is 34.7. The van der Waals surface area contributed by atoms with Crippen molar-refractivity contribution in [3.8, 4) is 0 Å². The van der Waals surface area contributed by atoms with Crippen molar-refractivity contribution in [3.63, 3.8) is 0 Å². The first-order valence-corrected chi connectivity index (χ1v) is 14.2. The number of aliphatic carboxylic acids is 1. The van der Waals surface area contributed by atoms with Gasteiger partial charge in [-0.15, -0.1) is 0 Å². The van der Waals surface area contributed by atoms with Gasteiger partial charge in [-0.1, -0.05) is 80.9 Å². The Morgan fingerprint density at radius 1 is 0.744 bits per heavy atom. The number of amides is 4. The maximum Gasteiger partial charge on any atom is 0.328 e. The Balaban J connectivity index is 2.19. The highest BCUT2D eigenvalue weighted by molar-refractivity contribution is 6.40. The van der Waals surface area contributed by atoms with Crippen LogP contribution < -0.4 is 21.3 Å². The highest BCUT2D eigenvalue weighted by Gasteiger charge is 2.40. The SMILES string of the molecule is CC[C@H](C)C(NC(=O)C(=O)C(C)(C)NC(=O)[C@H](Cc1ccccc1)NC(=O)Cc1ccccc1)C(=O)NC(C)(C)C(=O)O. The third-order valence-corrected chi connectivity index (χ3v) is 7.10. The summed E-state index contributed by atoms with van der Waals surface area (Å²) in [6.45, 7) is 8.77. The normalized spacial score (nSPS) is 13.5. The fourth-order valence-electron chi connectivity index (χ4n) is 4.17. The Kier molecular flexibility index (Phi) is 12.2. The summed E-state index contributed by atoms with van der Waals surface area (Å²) in [6.07, 6.45) is 0.630. The van der Waals surface area contributed by atoms with Gasteiger partial charge >= 0.3 is 5.97 Å². The summed E-state index contributed by atoms with van der Waals surface area (Å²) >= 11 is 0. The Morgan fingerprint density at radius 3 is 1.77 bits per heavy atom. The van der Waals surface area contributed by atoms with Gasteiger partial charge in [0.15, 0.2) is 0 Å². The van der Waals surface area contributed by atoms with Crippen molar-refractivity contribution in [2.45, 2.75) is 84.0 Å². The van der Waals surface area contributed by atoms with Crippen molar-refractivity contribution >= 4 is 35.4 Å². The lowest BCUT2D eigenvalue weighted by Gasteiger charge is -2.30. The molecule has 11 heteroatoms. The zero-order chi connectivity index (χ0) is 32.4. The second kappa shape index (κ2) is 15.1. The summed E-state index contributed by atoms with van der Waals surface area (Å²) in [4.78, 5) is 77.1. The molecule has 2 aromatic rings. The number of carbonyl (C=O) groups excluding carboxylic acids is 5. The zero-order valence-electron chi connectivity index (χ0n) is 25.5. The van der Waals surface area contributed by atoms with E-state index in [4.69, 9.17) is 0 Å². The maximum atomic E-state index is 13.5. The van der Waals surface area contributed by atoms with Crippen LogP contribution in [0, 0.1) is 5.92 Å². The molecule has 1 unspecified atom stereocenters. The molecule has 5 N–H and O–H groups in total. The monoisotopic (exact) mass is 594 g/mol. The lowest BCUT2D eigenvalue weighted by atomic mass is 9.93. The molecule has 3 atom stereocenters. The van der Waals surface area contributed by atoms with Crippen LogP contribution >= 0.6 is 0 Å². The van der Waals surface area contributed by atoms with Gasteiger partial charge in [0.05, 0.1) is 6.42 Å². The minimum Gasteiger partial charge on any atom is -0.480 e. The number of nitrogens with one attached hydrogen (secondary N) is 4. The summed E-state index contributed by atoms with van der Waals surface area (Å²) in [5.74, 6) is -5.66. The molecule has 0 bridgehead atoms. The van der Waals surface area contributed by atoms with Crippen LogP contribution in [0.4, 0.5) is 0 Å². The quantitative estimate of drug-likeness (QED) is 0.196. The van der Waals surface area contributed by atoms with Gasteiger partial charge < -0.3 is 26.4 Å². The van der Waals surface area contributed by atoms with Gasteiger partial charge in [0.1, 0.15) is 23.2 Å². The third kappa shape index (κ3) is 10.4. The molecule has 232 valence electrons. The van der Waals surface area contributed by atoms with E-state index in [0.717, 1.165) is 11.1 Å². The van der Waals surface area contributed by atoms with Crippen LogP contribution in [-0.2, 0) is 41.6 Å². The molecule has 2 aromatic carbocycles. The molecule has 0 heterocycles. The predicted octanol–water partition coefficient (Wildman–Crippen LogP) is 1.93. The fraction of sp³-hybridized carbons (Fsp3) is 0.438. The minimum atomic E-state index is -1.71. The van der Waals surface area contributed by atoms with E-state index >= 15 is 0 Å². The van der Waals surface area contributed by atoms with Gasteiger partial charge in [-0.25, -0.2) is 4.79 Å². The smallest absolute Gasteiger partial charge is 0.328 e. The number of carbonyl (C=O) groups is 6. The predicted molar refractivity (Wildman–Crippen MR) is 161 cm³/mol. The van der Waals surface area contributed by atoms with Gasteiger partial charge in [0, 0.05) is 6.42 Å². The molecule has 43 heavy (non-hydrogen) atoms. The van der Waals surface area contributed by atoms with E-state index in [0.29, 0.717) is 6.42 Å². The minimum absolute atomic E-state index is 0.0435. The first-order valence-electron chi connectivity index (χ1n) is 14.2. The van der Waals surface area contributed by atoms with E-state index < -0.39 is 64.5 Å². The molecular formula is C32H42N4O7. The van der Waals surface area contributed by atoms with Gasteiger partial charge in [-0.05, 0) is 44.7 Å². The number of ketones is 1. The first-order chi connectivity index (χ1) is 20.1. The Labute approximate surface area is 252 Å². The molecule has 0 aliphatic carbocycles. The molecular weight excluding hydrogens is 552 g/mol. The summed E-state index contributed by atoms with van der Waals surface area (Å²) in [7, 11) is 0. The van der Waals surface area contributed by atoms with Gasteiger partial charge in [0.2, 0.25) is 23.5 Å². The molecule has 0 aromatic heterocycles. The number of carboxylic acid groups (broad SMARTS) is 1. The molecule has 0 saturated heterocycles. The van der Waals surface area contributed by atoms with E-state index in [2.05, 4.69) is 21.3 Å². The zero-order valence-corrected chi connectivity index (χ0v) is 25.5. The molecule has 2 rings (SSSR count). The number of hydrogen-bond acceptors (Lipinski definition) is 6. The average molecular weight is 595 g/mol. The molecule has 0 fully saturated rings. The van der Waals surface area contributed by atoms with Crippen molar-refractivity contribution in [1.82, 2.24) is 21.3 Å². The Bertz CT molecular complexity index is 1310. The van der Waals surface area contributed by atoms with Crippen LogP contribution in [0.5, 0.6) is 0 Å². The number of benzene rings is 2. The van der Waals surface area contributed by atoms with Crippen molar-refractivity contribution in [1.29, 1.82) is 0 Å². The molecule has 0 aliphatic rings. The van der Waals surface area contributed by atoms with Crippen LogP contribution in [-0.4, -0.2) is 63.6 Å². The number of hydrogen-bond donors (Lipinski definition) is 5. The standard InChI is InChI=1S/C32H42N4O7/c1-7-20(2)25(28(40)36-32(5,6)30(42)43)34-29(41)26(38)31(3,4)35-27(39)23(18-21-14-10-8-11-15-21)33-24(37)19-22-16-12-9-13-17-22/h8-17,20,23,25H,7,18-19H2,1-6H3,(H,33,37)(H,34,41)(H,35,39)(H,36,40)(H,42,43)/t20-,23-,25?/m0/s1. The summed E-state index contributed by atoms with van der Waals surface area (Å²) < 4.78 is 0. The van der Waals surface area contributed by atoms with Crippen LogP contribution in [0.3, 0.4) is 0 Å². The van der Waals surface area contributed by atoms with Gasteiger partial charge in [-0.3, -0.25) is 24.0 Å². The number of Topliss-reactive ketones (excluding diaryl/α,β-unsaturated/α-hetero) is 1. The lowest BCUT2D eigenvalue weighted by molar-refractivity contribution is -0.147. The average Bonchev–Trinajstić information content (AvgIpc) is 2.95. The van der Waals surface area contributed by atoms with Crippen LogP contribution in [0.25, 0.3) is 0 Å². The molecule has 4 amide bonds. The van der Waals surface area contributed by atoms with Crippen LogP contribution in [0.15, 0.2) is 60.7 Å². The van der Waals surface area contributed by atoms with Gasteiger partial charge in [-0.2, -0.15) is 0 Å².